The summed E-state index contributed by atoms with van der Waals surface area (Å²) in [6.45, 7) is 4.14. The third-order valence-corrected chi connectivity index (χ3v) is 5.03. The summed E-state index contributed by atoms with van der Waals surface area (Å²) in [6.07, 6.45) is 0. The van der Waals surface area contributed by atoms with Gasteiger partial charge in [-0.15, -0.1) is 0 Å². The minimum atomic E-state index is -0.0184. The standard InChI is InChI=1S/C16H17Br2NO/c1-10(9-17)11(2)19-16(20)14-4-3-13-8-15(18)6-5-12(13)7-14/h3-8,10-11H,9H2,1-2H3,(H,19,20). The van der Waals surface area contributed by atoms with Crippen LogP contribution < -0.4 is 5.32 Å². The van der Waals surface area contributed by atoms with Crippen LogP contribution in [-0.2, 0) is 0 Å². The summed E-state index contributed by atoms with van der Waals surface area (Å²) in [6, 6.07) is 12.0. The Morgan fingerprint density at radius 3 is 2.50 bits per heavy atom. The van der Waals surface area contributed by atoms with Crippen molar-refractivity contribution in [2.75, 3.05) is 5.33 Å². The molecule has 2 unspecified atom stereocenters. The first-order valence-electron chi connectivity index (χ1n) is 6.57. The zero-order valence-electron chi connectivity index (χ0n) is 11.5. The summed E-state index contributed by atoms with van der Waals surface area (Å²) in [5.41, 5.74) is 0.702. The molecule has 0 spiro atoms. The number of fused-ring (bicyclic) bond motifs is 1. The normalized spacial score (nSPS) is 14.0. The number of halogens is 2. The number of rotatable bonds is 4. The number of hydrogen-bond acceptors (Lipinski definition) is 1. The molecule has 0 aliphatic carbocycles. The zero-order valence-corrected chi connectivity index (χ0v) is 14.7. The molecule has 2 nitrogen and oxygen atoms in total. The van der Waals surface area contributed by atoms with Crippen LogP contribution in [0.4, 0.5) is 0 Å². The monoisotopic (exact) mass is 397 g/mol. The summed E-state index contributed by atoms with van der Waals surface area (Å²) in [5.74, 6) is 0.380. The predicted octanol–water partition coefficient (Wildman–Crippen LogP) is 4.75. The van der Waals surface area contributed by atoms with Crippen LogP contribution >= 0.6 is 31.9 Å². The van der Waals surface area contributed by atoms with E-state index in [1.165, 1.54) is 0 Å². The molecule has 0 saturated carbocycles. The highest BCUT2D eigenvalue weighted by Crippen LogP contribution is 2.21. The lowest BCUT2D eigenvalue weighted by Crippen LogP contribution is -2.37. The van der Waals surface area contributed by atoms with E-state index in [1.54, 1.807) is 0 Å². The van der Waals surface area contributed by atoms with Crippen molar-refractivity contribution in [3.05, 3.63) is 46.4 Å². The van der Waals surface area contributed by atoms with Gasteiger partial charge in [0.1, 0.15) is 0 Å². The molecule has 0 aromatic heterocycles. The maximum Gasteiger partial charge on any atom is 0.251 e. The van der Waals surface area contributed by atoms with Gasteiger partial charge in [-0.3, -0.25) is 4.79 Å². The van der Waals surface area contributed by atoms with E-state index in [1.807, 2.05) is 43.3 Å². The summed E-state index contributed by atoms with van der Waals surface area (Å²) in [4.78, 5) is 12.3. The highest BCUT2D eigenvalue weighted by molar-refractivity contribution is 9.10. The minimum absolute atomic E-state index is 0.0184. The lowest BCUT2D eigenvalue weighted by Gasteiger charge is -2.19. The maximum atomic E-state index is 12.3. The van der Waals surface area contributed by atoms with Gasteiger partial charge in [-0.25, -0.2) is 0 Å². The molecule has 2 aromatic rings. The van der Waals surface area contributed by atoms with Crippen molar-refractivity contribution in [2.24, 2.45) is 5.92 Å². The highest BCUT2D eigenvalue weighted by Gasteiger charge is 2.15. The summed E-state index contributed by atoms with van der Waals surface area (Å²) in [5, 5.41) is 6.11. The van der Waals surface area contributed by atoms with E-state index in [0.717, 1.165) is 20.6 Å². The largest absolute Gasteiger partial charge is 0.349 e. The van der Waals surface area contributed by atoms with Crippen molar-refractivity contribution in [3.8, 4) is 0 Å². The molecular weight excluding hydrogens is 382 g/mol. The van der Waals surface area contributed by atoms with E-state index in [-0.39, 0.29) is 11.9 Å². The first-order valence-corrected chi connectivity index (χ1v) is 8.49. The molecule has 0 heterocycles. The Morgan fingerprint density at radius 1 is 1.15 bits per heavy atom. The Hall–Kier alpha value is -0.870. The highest BCUT2D eigenvalue weighted by atomic mass is 79.9. The van der Waals surface area contributed by atoms with Crippen LogP contribution in [0.15, 0.2) is 40.9 Å². The maximum absolute atomic E-state index is 12.3. The van der Waals surface area contributed by atoms with Gasteiger partial charge in [0.2, 0.25) is 0 Å². The number of carbonyl (C=O) groups is 1. The smallest absolute Gasteiger partial charge is 0.251 e. The number of alkyl halides is 1. The molecule has 0 aliphatic rings. The van der Waals surface area contributed by atoms with Crippen LogP contribution in [0.25, 0.3) is 10.8 Å². The second-order valence-corrected chi connectivity index (χ2v) is 6.66. The van der Waals surface area contributed by atoms with Gasteiger partial charge in [0.05, 0.1) is 0 Å². The molecule has 1 N–H and O–H groups in total. The van der Waals surface area contributed by atoms with Crippen LogP contribution in [0.2, 0.25) is 0 Å². The minimum Gasteiger partial charge on any atom is -0.349 e. The van der Waals surface area contributed by atoms with Gasteiger partial charge in [-0.1, -0.05) is 50.9 Å². The second-order valence-electron chi connectivity index (χ2n) is 5.10. The third kappa shape index (κ3) is 3.61. The zero-order chi connectivity index (χ0) is 14.7. The van der Waals surface area contributed by atoms with E-state index in [2.05, 4.69) is 44.1 Å². The first-order chi connectivity index (χ1) is 9.51. The molecule has 2 atom stereocenters. The molecule has 0 bridgehead atoms. The number of nitrogens with one attached hydrogen (secondary N) is 1. The number of amides is 1. The fourth-order valence-electron chi connectivity index (χ4n) is 1.92. The van der Waals surface area contributed by atoms with Crippen molar-refractivity contribution in [2.45, 2.75) is 19.9 Å². The summed E-state index contributed by atoms with van der Waals surface area (Å²) < 4.78 is 1.04. The van der Waals surface area contributed by atoms with Gasteiger partial charge in [0.25, 0.3) is 5.91 Å². The Kier molecular flexibility index (Phi) is 5.22. The van der Waals surface area contributed by atoms with Crippen LogP contribution in [0.3, 0.4) is 0 Å². The lowest BCUT2D eigenvalue weighted by molar-refractivity contribution is 0.0931. The van der Waals surface area contributed by atoms with Gasteiger partial charge in [0.15, 0.2) is 0 Å². The van der Waals surface area contributed by atoms with Gasteiger partial charge in [-0.2, -0.15) is 0 Å². The van der Waals surface area contributed by atoms with Crippen molar-refractivity contribution in [1.82, 2.24) is 5.32 Å². The molecule has 0 radical (unpaired) electrons. The summed E-state index contributed by atoms with van der Waals surface area (Å²) >= 11 is 6.90. The van der Waals surface area contributed by atoms with Gasteiger partial charge < -0.3 is 5.32 Å². The molecule has 2 rings (SSSR count). The molecule has 0 fully saturated rings. The fraction of sp³-hybridized carbons (Fsp3) is 0.312. The molecule has 4 heteroatoms. The van der Waals surface area contributed by atoms with Crippen molar-refractivity contribution < 1.29 is 4.79 Å². The van der Waals surface area contributed by atoms with Gasteiger partial charge in [0, 0.05) is 21.4 Å². The topological polar surface area (TPSA) is 29.1 Å². The Morgan fingerprint density at radius 2 is 1.80 bits per heavy atom. The fourth-order valence-corrected chi connectivity index (χ4v) is 2.86. The van der Waals surface area contributed by atoms with Crippen LogP contribution in [0, 0.1) is 5.92 Å². The van der Waals surface area contributed by atoms with Crippen LogP contribution in [-0.4, -0.2) is 17.3 Å². The molecule has 2 aromatic carbocycles. The number of benzene rings is 2. The number of carbonyl (C=O) groups excluding carboxylic acids is 1. The van der Waals surface area contributed by atoms with Gasteiger partial charge >= 0.3 is 0 Å². The van der Waals surface area contributed by atoms with Crippen molar-refractivity contribution >= 4 is 48.5 Å². The third-order valence-electron chi connectivity index (χ3n) is 3.52. The Balaban J connectivity index is 2.20. The second kappa shape index (κ2) is 6.72. The molecular formula is C16H17Br2NO. The predicted molar refractivity (Wildman–Crippen MR) is 91.5 cm³/mol. The number of hydrogen-bond donors (Lipinski definition) is 1. The van der Waals surface area contributed by atoms with E-state index >= 15 is 0 Å². The quantitative estimate of drug-likeness (QED) is 0.739. The summed E-state index contributed by atoms with van der Waals surface area (Å²) in [7, 11) is 0. The van der Waals surface area contributed by atoms with E-state index < -0.39 is 0 Å². The van der Waals surface area contributed by atoms with E-state index in [4.69, 9.17) is 0 Å². The first kappa shape index (κ1) is 15.5. The molecule has 0 saturated heterocycles. The van der Waals surface area contributed by atoms with Gasteiger partial charge in [-0.05, 0) is 47.9 Å². The molecule has 1 amide bonds. The average Bonchev–Trinajstić information content (AvgIpc) is 2.45. The lowest BCUT2D eigenvalue weighted by atomic mass is 10.0. The van der Waals surface area contributed by atoms with Crippen LogP contribution in [0.5, 0.6) is 0 Å². The van der Waals surface area contributed by atoms with E-state index in [0.29, 0.717) is 11.5 Å². The Bertz CT molecular complexity index is 627. The van der Waals surface area contributed by atoms with Crippen molar-refractivity contribution in [3.63, 3.8) is 0 Å². The van der Waals surface area contributed by atoms with Crippen molar-refractivity contribution in [1.29, 1.82) is 0 Å². The average molecular weight is 399 g/mol. The SMILES string of the molecule is CC(CBr)C(C)NC(=O)c1ccc2cc(Br)ccc2c1. The molecule has 106 valence electrons. The van der Waals surface area contributed by atoms with Crippen LogP contribution in [0.1, 0.15) is 24.2 Å². The molecule has 20 heavy (non-hydrogen) atoms. The van der Waals surface area contributed by atoms with E-state index in [9.17, 15) is 4.79 Å². The molecule has 0 aliphatic heterocycles. The Labute approximate surface area is 136 Å².